The van der Waals surface area contributed by atoms with Gasteiger partial charge in [0, 0.05) is 11.3 Å². The van der Waals surface area contributed by atoms with E-state index in [-0.39, 0.29) is 24.3 Å². The molecule has 0 bridgehead atoms. The van der Waals surface area contributed by atoms with Crippen molar-refractivity contribution in [3.05, 3.63) is 52.7 Å². The fourth-order valence-electron chi connectivity index (χ4n) is 2.17. The van der Waals surface area contributed by atoms with Gasteiger partial charge in [-0.05, 0) is 30.0 Å². The van der Waals surface area contributed by atoms with Crippen LogP contribution < -0.4 is 10.1 Å². The standard InChI is InChI=1S/C18H21NO4S/c1-22-18(21)13-15(16-9-6-12-24-16)19-17(20)10-5-11-23-14-7-3-2-4-8-14/h2-4,6-9,12,15H,5,10-11,13H2,1H3,(H,19,20)/t15-/m1/s1. The highest BCUT2D eigenvalue weighted by Gasteiger charge is 2.19. The maximum absolute atomic E-state index is 12.1. The number of hydrogen-bond donors (Lipinski definition) is 1. The van der Waals surface area contributed by atoms with E-state index in [2.05, 4.69) is 5.32 Å². The molecule has 128 valence electrons. The van der Waals surface area contributed by atoms with Gasteiger partial charge < -0.3 is 14.8 Å². The zero-order chi connectivity index (χ0) is 17.2. The molecule has 0 aliphatic heterocycles. The largest absolute Gasteiger partial charge is 0.494 e. The van der Waals surface area contributed by atoms with E-state index in [1.165, 1.54) is 18.4 Å². The highest BCUT2D eigenvalue weighted by Crippen LogP contribution is 2.22. The molecule has 6 heteroatoms. The highest BCUT2D eigenvalue weighted by atomic mass is 32.1. The quantitative estimate of drug-likeness (QED) is 0.558. The summed E-state index contributed by atoms with van der Waals surface area (Å²) >= 11 is 1.50. The van der Waals surface area contributed by atoms with E-state index >= 15 is 0 Å². The van der Waals surface area contributed by atoms with Crippen molar-refractivity contribution in [2.24, 2.45) is 0 Å². The molecule has 0 radical (unpaired) electrons. The van der Waals surface area contributed by atoms with E-state index < -0.39 is 0 Å². The van der Waals surface area contributed by atoms with E-state index in [9.17, 15) is 9.59 Å². The van der Waals surface area contributed by atoms with Crippen molar-refractivity contribution >= 4 is 23.2 Å². The number of nitrogens with one attached hydrogen (secondary N) is 1. The molecule has 0 fully saturated rings. The molecule has 1 aromatic carbocycles. The van der Waals surface area contributed by atoms with E-state index in [1.807, 2.05) is 47.8 Å². The van der Waals surface area contributed by atoms with Crippen molar-refractivity contribution in [1.82, 2.24) is 5.32 Å². The topological polar surface area (TPSA) is 64.6 Å². The molecular weight excluding hydrogens is 326 g/mol. The molecule has 2 rings (SSSR count). The van der Waals surface area contributed by atoms with Gasteiger partial charge in [-0.1, -0.05) is 24.3 Å². The minimum absolute atomic E-state index is 0.103. The zero-order valence-electron chi connectivity index (χ0n) is 13.6. The molecule has 1 amide bonds. The van der Waals surface area contributed by atoms with Crippen LogP contribution in [0.4, 0.5) is 0 Å². The smallest absolute Gasteiger partial charge is 0.307 e. The molecule has 0 aliphatic rings. The van der Waals surface area contributed by atoms with Gasteiger partial charge >= 0.3 is 5.97 Å². The van der Waals surface area contributed by atoms with Crippen LogP contribution in [0.15, 0.2) is 47.8 Å². The Kier molecular flexibility index (Phi) is 7.29. The number of carbonyl (C=O) groups is 2. The van der Waals surface area contributed by atoms with Crippen molar-refractivity contribution in [1.29, 1.82) is 0 Å². The van der Waals surface area contributed by atoms with E-state index in [4.69, 9.17) is 9.47 Å². The van der Waals surface area contributed by atoms with Gasteiger partial charge in [0.15, 0.2) is 0 Å². The Labute approximate surface area is 145 Å². The van der Waals surface area contributed by atoms with Gasteiger partial charge in [-0.3, -0.25) is 9.59 Å². The molecule has 0 spiro atoms. The third-order valence-corrected chi connectivity index (χ3v) is 4.37. The molecule has 0 saturated heterocycles. The maximum atomic E-state index is 12.1. The van der Waals surface area contributed by atoms with Crippen LogP contribution in [0.2, 0.25) is 0 Å². The Balaban J connectivity index is 1.76. The lowest BCUT2D eigenvalue weighted by molar-refractivity contribution is -0.141. The van der Waals surface area contributed by atoms with Crippen LogP contribution in [0.5, 0.6) is 5.75 Å². The Hall–Kier alpha value is -2.34. The number of para-hydroxylation sites is 1. The van der Waals surface area contributed by atoms with Gasteiger partial charge in [0.1, 0.15) is 5.75 Å². The van der Waals surface area contributed by atoms with Crippen molar-refractivity contribution in [3.63, 3.8) is 0 Å². The van der Waals surface area contributed by atoms with Crippen molar-refractivity contribution in [3.8, 4) is 5.75 Å². The number of amides is 1. The first-order chi connectivity index (χ1) is 11.7. The predicted molar refractivity (Wildman–Crippen MR) is 93.0 cm³/mol. The summed E-state index contributed by atoms with van der Waals surface area (Å²) in [5.74, 6) is 0.343. The average Bonchev–Trinajstić information content (AvgIpc) is 3.13. The van der Waals surface area contributed by atoms with Gasteiger partial charge in [0.2, 0.25) is 5.91 Å². The average molecular weight is 347 g/mol. The molecule has 0 aliphatic carbocycles. The Morgan fingerprint density at radius 3 is 2.62 bits per heavy atom. The number of rotatable bonds is 9. The SMILES string of the molecule is COC(=O)C[C@@H](NC(=O)CCCOc1ccccc1)c1cccs1. The van der Waals surface area contributed by atoms with Gasteiger partial charge in [0.25, 0.3) is 0 Å². The van der Waals surface area contributed by atoms with Crippen LogP contribution in [0.25, 0.3) is 0 Å². The van der Waals surface area contributed by atoms with E-state index in [0.29, 0.717) is 19.4 Å². The van der Waals surface area contributed by atoms with Crippen molar-refractivity contribution < 1.29 is 19.1 Å². The molecule has 1 N–H and O–H groups in total. The number of hydrogen-bond acceptors (Lipinski definition) is 5. The van der Waals surface area contributed by atoms with Crippen LogP contribution in [-0.4, -0.2) is 25.6 Å². The Morgan fingerprint density at radius 2 is 1.96 bits per heavy atom. The first-order valence-electron chi connectivity index (χ1n) is 7.76. The number of methoxy groups -OCH3 is 1. The number of esters is 1. The summed E-state index contributed by atoms with van der Waals surface area (Å²) in [4.78, 5) is 24.6. The van der Waals surface area contributed by atoms with Gasteiger partial charge in [-0.25, -0.2) is 0 Å². The minimum Gasteiger partial charge on any atom is -0.494 e. The molecule has 0 unspecified atom stereocenters. The first kappa shape index (κ1) is 18.0. The lowest BCUT2D eigenvalue weighted by Crippen LogP contribution is -2.30. The number of ether oxygens (including phenoxy) is 2. The Morgan fingerprint density at radius 1 is 1.17 bits per heavy atom. The molecular formula is C18H21NO4S. The van der Waals surface area contributed by atoms with E-state index in [1.54, 1.807) is 0 Å². The normalized spacial score (nSPS) is 11.5. The van der Waals surface area contributed by atoms with Crippen LogP contribution in [0, 0.1) is 0 Å². The van der Waals surface area contributed by atoms with Gasteiger partial charge in [0.05, 0.1) is 26.2 Å². The number of benzene rings is 1. The zero-order valence-corrected chi connectivity index (χ0v) is 14.4. The van der Waals surface area contributed by atoms with Crippen LogP contribution in [0.3, 0.4) is 0 Å². The summed E-state index contributed by atoms with van der Waals surface area (Å²) in [6, 6.07) is 12.9. The lowest BCUT2D eigenvalue weighted by atomic mass is 10.1. The molecule has 2 aromatic rings. The minimum atomic E-state index is -0.347. The molecule has 0 saturated carbocycles. The summed E-state index contributed by atoms with van der Waals surface area (Å²) in [6.07, 6.45) is 1.08. The molecule has 5 nitrogen and oxygen atoms in total. The lowest BCUT2D eigenvalue weighted by Gasteiger charge is -2.16. The third-order valence-electron chi connectivity index (χ3n) is 3.38. The fraction of sp³-hybridized carbons (Fsp3) is 0.333. The molecule has 1 atom stereocenters. The van der Waals surface area contributed by atoms with Crippen LogP contribution in [-0.2, 0) is 14.3 Å². The maximum Gasteiger partial charge on any atom is 0.307 e. The second kappa shape index (κ2) is 9.72. The monoisotopic (exact) mass is 347 g/mol. The van der Waals surface area contributed by atoms with Crippen LogP contribution in [0.1, 0.15) is 30.2 Å². The predicted octanol–water partition coefficient (Wildman–Crippen LogP) is 3.33. The summed E-state index contributed by atoms with van der Waals surface area (Å²) in [7, 11) is 1.34. The number of thiophene rings is 1. The molecule has 1 aromatic heterocycles. The van der Waals surface area contributed by atoms with Crippen molar-refractivity contribution in [2.45, 2.75) is 25.3 Å². The second-order valence-corrected chi connectivity index (χ2v) is 6.16. The summed E-state index contributed by atoms with van der Waals surface area (Å²) < 4.78 is 10.3. The summed E-state index contributed by atoms with van der Waals surface area (Å²) in [5, 5.41) is 4.81. The van der Waals surface area contributed by atoms with Crippen molar-refractivity contribution in [2.75, 3.05) is 13.7 Å². The van der Waals surface area contributed by atoms with E-state index in [0.717, 1.165) is 10.6 Å². The number of carbonyl (C=O) groups excluding carboxylic acids is 2. The van der Waals surface area contributed by atoms with Gasteiger partial charge in [-0.15, -0.1) is 11.3 Å². The highest BCUT2D eigenvalue weighted by molar-refractivity contribution is 7.10. The summed E-state index contributed by atoms with van der Waals surface area (Å²) in [5.41, 5.74) is 0. The third kappa shape index (κ3) is 6.04. The van der Waals surface area contributed by atoms with Crippen LogP contribution >= 0.6 is 11.3 Å². The second-order valence-electron chi connectivity index (χ2n) is 5.18. The summed E-state index contributed by atoms with van der Waals surface area (Å²) in [6.45, 7) is 0.470. The molecule has 1 heterocycles. The first-order valence-corrected chi connectivity index (χ1v) is 8.64. The fourth-order valence-corrected chi connectivity index (χ4v) is 2.95. The van der Waals surface area contributed by atoms with Gasteiger partial charge in [-0.2, -0.15) is 0 Å². The Bertz CT molecular complexity index is 628. The molecule has 24 heavy (non-hydrogen) atoms.